The fourth-order valence-electron chi connectivity index (χ4n) is 6.52. The first-order chi connectivity index (χ1) is 9.29. The van der Waals surface area contributed by atoms with Crippen LogP contribution in [0, 0.1) is 35.5 Å². The second-order valence-electron chi connectivity index (χ2n) is 8.32. The van der Waals surface area contributed by atoms with Gasteiger partial charge in [0.25, 0.3) is 0 Å². The van der Waals surface area contributed by atoms with E-state index in [1.807, 2.05) is 0 Å². The van der Waals surface area contributed by atoms with Crippen LogP contribution >= 0.6 is 0 Å². The lowest BCUT2D eigenvalue weighted by atomic mass is 9.50. The lowest BCUT2D eigenvalue weighted by Gasteiger charge is -2.56. The van der Waals surface area contributed by atoms with Crippen LogP contribution in [0.4, 0.5) is 0 Å². The van der Waals surface area contributed by atoms with Crippen LogP contribution < -0.4 is 0 Å². The third-order valence-electron chi connectivity index (χ3n) is 7.04. The molecule has 5 aliphatic rings. The van der Waals surface area contributed by atoms with Crippen LogP contribution in [0.25, 0.3) is 0 Å². The molecule has 0 saturated heterocycles. The lowest BCUT2D eigenvalue weighted by Crippen LogP contribution is -2.49. The number of hydrogen-bond acceptors (Lipinski definition) is 1. The van der Waals surface area contributed by atoms with E-state index in [1.54, 1.807) is 0 Å². The van der Waals surface area contributed by atoms with Crippen LogP contribution in [0.2, 0.25) is 0 Å². The van der Waals surface area contributed by atoms with Crippen molar-refractivity contribution in [1.82, 2.24) is 0 Å². The van der Waals surface area contributed by atoms with Crippen LogP contribution in [0.15, 0.2) is 0 Å². The molecule has 108 valence electrons. The molecular formula is C18H30O. The average Bonchev–Trinajstić information content (AvgIpc) is 2.38. The second-order valence-corrected chi connectivity index (χ2v) is 8.32. The minimum absolute atomic E-state index is 0.0399. The quantitative estimate of drug-likeness (QED) is 0.799. The fraction of sp³-hybridized carbons (Fsp3) is 1.00. The van der Waals surface area contributed by atoms with Gasteiger partial charge in [0.2, 0.25) is 0 Å². The molecule has 1 nitrogen and oxygen atoms in total. The molecule has 1 N–H and O–H groups in total. The predicted molar refractivity (Wildman–Crippen MR) is 77.7 cm³/mol. The van der Waals surface area contributed by atoms with Crippen LogP contribution in [-0.4, -0.2) is 11.2 Å². The van der Waals surface area contributed by atoms with Crippen molar-refractivity contribution >= 4 is 0 Å². The fourth-order valence-corrected chi connectivity index (χ4v) is 6.52. The summed E-state index contributed by atoms with van der Waals surface area (Å²) in [4.78, 5) is 0. The van der Waals surface area contributed by atoms with Crippen LogP contribution in [0.3, 0.4) is 0 Å². The van der Waals surface area contributed by atoms with E-state index in [4.69, 9.17) is 0 Å². The molecular weight excluding hydrogens is 232 g/mol. The van der Waals surface area contributed by atoms with Gasteiger partial charge in [0.15, 0.2) is 0 Å². The molecule has 1 unspecified atom stereocenters. The monoisotopic (exact) mass is 262 g/mol. The normalized spacial score (nSPS) is 47.5. The smallest absolute Gasteiger partial charge is 0.0576 e. The minimum Gasteiger partial charge on any atom is -0.393 e. The molecule has 0 aromatic rings. The van der Waals surface area contributed by atoms with Crippen molar-refractivity contribution in [2.24, 2.45) is 35.5 Å². The molecule has 1 heteroatoms. The molecule has 0 amide bonds. The molecule has 5 saturated carbocycles. The van der Waals surface area contributed by atoms with Gasteiger partial charge in [0, 0.05) is 0 Å². The Bertz CT molecular complexity index is 290. The lowest BCUT2D eigenvalue weighted by molar-refractivity contribution is -0.0955. The van der Waals surface area contributed by atoms with Gasteiger partial charge in [-0.15, -0.1) is 0 Å². The second kappa shape index (κ2) is 5.06. The average molecular weight is 262 g/mol. The van der Waals surface area contributed by atoms with Gasteiger partial charge in [-0.2, -0.15) is 0 Å². The predicted octanol–water partition coefficient (Wildman–Crippen LogP) is 4.39. The van der Waals surface area contributed by atoms with Gasteiger partial charge in [-0.1, -0.05) is 32.1 Å². The highest BCUT2D eigenvalue weighted by Gasteiger charge is 2.50. The van der Waals surface area contributed by atoms with Crippen molar-refractivity contribution in [3.05, 3.63) is 0 Å². The van der Waals surface area contributed by atoms with E-state index in [1.165, 1.54) is 64.2 Å². The van der Waals surface area contributed by atoms with Crippen molar-refractivity contribution in [3.8, 4) is 0 Å². The summed E-state index contributed by atoms with van der Waals surface area (Å²) in [6, 6.07) is 0. The maximum atomic E-state index is 10.8. The topological polar surface area (TPSA) is 20.2 Å². The number of rotatable bonds is 3. The number of hydrogen-bond donors (Lipinski definition) is 1. The van der Waals surface area contributed by atoms with Gasteiger partial charge in [-0.05, 0) is 74.0 Å². The zero-order valence-corrected chi connectivity index (χ0v) is 12.3. The van der Waals surface area contributed by atoms with Crippen LogP contribution in [0.5, 0.6) is 0 Å². The molecule has 0 aromatic heterocycles. The Hall–Kier alpha value is -0.0400. The van der Waals surface area contributed by atoms with E-state index in [0.29, 0.717) is 5.92 Å². The Balaban J connectivity index is 1.40. The maximum Gasteiger partial charge on any atom is 0.0576 e. The Labute approximate surface area is 118 Å². The summed E-state index contributed by atoms with van der Waals surface area (Å²) in [6.07, 6.45) is 15.6. The molecule has 0 spiro atoms. The molecule has 5 rings (SSSR count). The highest BCUT2D eigenvalue weighted by atomic mass is 16.3. The van der Waals surface area contributed by atoms with E-state index in [2.05, 4.69) is 0 Å². The highest BCUT2D eigenvalue weighted by molar-refractivity contribution is 5.00. The summed E-state index contributed by atoms with van der Waals surface area (Å²) >= 11 is 0. The Morgan fingerprint density at radius 1 is 0.789 bits per heavy atom. The first-order valence-electron chi connectivity index (χ1n) is 8.97. The summed E-state index contributed by atoms with van der Waals surface area (Å²) in [6.45, 7) is 0. The molecule has 0 radical (unpaired) electrons. The van der Waals surface area contributed by atoms with Crippen LogP contribution in [0.1, 0.15) is 70.6 Å². The Morgan fingerprint density at radius 2 is 1.37 bits per heavy atom. The largest absolute Gasteiger partial charge is 0.393 e. The van der Waals surface area contributed by atoms with E-state index in [9.17, 15) is 5.11 Å². The van der Waals surface area contributed by atoms with Gasteiger partial charge in [-0.25, -0.2) is 0 Å². The van der Waals surface area contributed by atoms with Gasteiger partial charge < -0.3 is 5.11 Å². The third kappa shape index (κ3) is 2.37. The zero-order chi connectivity index (χ0) is 12.8. The first-order valence-corrected chi connectivity index (χ1v) is 8.97. The SMILES string of the molecule is OC(CC1CCCCC1)C1C2CC3CC(C2)CC1C3. The number of aliphatic hydroxyl groups excluding tert-OH is 1. The molecule has 0 heterocycles. The van der Waals surface area contributed by atoms with Gasteiger partial charge in [0.1, 0.15) is 0 Å². The van der Waals surface area contributed by atoms with Crippen molar-refractivity contribution in [2.45, 2.75) is 76.7 Å². The van der Waals surface area contributed by atoms with E-state index in [0.717, 1.165) is 36.0 Å². The summed E-state index contributed by atoms with van der Waals surface area (Å²) in [5.41, 5.74) is 0. The van der Waals surface area contributed by atoms with Crippen molar-refractivity contribution < 1.29 is 5.11 Å². The maximum absolute atomic E-state index is 10.8. The molecule has 4 bridgehead atoms. The van der Waals surface area contributed by atoms with Crippen molar-refractivity contribution in [3.63, 3.8) is 0 Å². The molecule has 0 aromatic carbocycles. The first kappa shape index (κ1) is 12.7. The van der Waals surface area contributed by atoms with E-state index >= 15 is 0 Å². The molecule has 0 aliphatic heterocycles. The van der Waals surface area contributed by atoms with Crippen molar-refractivity contribution in [2.75, 3.05) is 0 Å². The summed E-state index contributed by atoms with van der Waals surface area (Å²) in [5, 5.41) is 10.8. The van der Waals surface area contributed by atoms with Gasteiger partial charge >= 0.3 is 0 Å². The van der Waals surface area contributed by atoms with E-state index < -0.39 is 0 Å². The van der Waals surface area contributed by atoms with Crippen LogP contribution in [-0.2, 0) is 0 Å². The Kier molecular flexibility index (Phi) is 3.38. The molecule has 19 heavy (non-hydrogen) atoms. The van der Waals surface area contributed by atoms with Crippen molar-refractivity contribution in [1.29, 1.82) is 0 Å². The van der Waals surface area contributed by atoms with E-state index in [-0.39, 0.29) is 6.10 Å². The molecule has 1 atom stereocenters. The summed E-state index contributed by atoms with van der Waals surface area (Å²) in [7, 11) is 0. The standard InChI is InChI=1S/C18H30O/c19-17(11-12-4-2-1-3-5-12)18-15-7-13-6-14(9-15)10-16(18)8-13/h12-19H,1-11H2. The molecule has 5 aliphatic carbocycles. The summed E-state index contributed by atoms with van der Waals surface area (Å²) < 4.78 is 0. The Morgan fingerprint density at radius 3 is 1.95 bits per heavy atom. The zero-order valence-electron chi connectivity index (χ0n) is 12.3. The minimum atomic E-state index is 0.0399. The highest BCUT2D eigenvalue weighted by Crippen LogP contribution is 2.57. The molecule has 5 fully saturated rings. The summed E-state index contributed by atoms with van der Waals surface area (Å²) in [5.74, 6) is 5.42. The van der Waals surface area contributed by atoms with Gasteiger partial charge in [0.05, 0.1) is 6.10 Å². The third-order valence-corrected chi connectivity index (χ3v) is 7.04. The van der Waals surface area contributed by atoms with Gasteiger partial charge in [-0.3, -0.25) is 0 Å². The number of aliphatic hydroxyl groups is 1.